The van der Waals surface area contributed by atoms with Crippen LogP contribution in [0.2, 0.25) is 0 Å². The van der Waals surface area contributed by atoms with Gasteiger partial charge in [0.1, 0.15) is 0 Å². The minimum atomic E-state index is 0.851. The van der Waals surface area contributed by atoms with Gasteiger partial charge in [0.05, 0.1) is 0 Å². The van der Waals surface area contributed by atoms with Crippen LogP contribution in [0, 0.1) is 5.92 Å². The van der Waals surface area contributed by atoms with Crippen molar-refractivity contribution in [3.05, 3.63) is 0 Å². The average Bonchev–Trinajstić information content (AvgIpc) is 2.53. The minimum Gasteiger partial charge on any atom is -0.314 e. The van der Waals surface area contributed by atoms with Crippen LogP contribution in [0.25, 0.3) is 0 Å². The largest absolute Gasteiger partial charge is 0.314 e. The summed E-state index contributed by atoms with van der Waals surface area (Å²) in [6.07, 6.45) is 8.42. The third-order valence-electron chi connectivity index (χ3n) is 2.89. The van der Waals surface area contributed by atoms with E-state index in [1.807, 2.05) is 0 Å². The van der Waals surface area contributed by atoms with Gasteiger partial charge < -0.3 is 5.32 Å². The SMILES string of the molecule is CCCC(C)CNC1CCCC1. The van der Waals surface area contributed by atoms with E-state index in [4.69, 9.17) is 0 Å². The zero-order valence-electron chi connectivity index (χ0n) is 8.60. The van der Waals surface area contributed by atoms with Crippen LogP contribution in [-0.4, -0.2) is 12.6 Å². The summed E-state index contributed by atoms with van der Waals surface area (Å²) in [5.41, 5.74) is 0. The van der Waals surface area contributed by atoms with Crippen LogP contribution in [-0.2, 0) is 0 Å². The van der Waals surface area contributed by atoms with E-state index < -0.39 is 0 Å². The second kappa shape index (κ2) is 5.58. The predicted molar refractivity (Wildman–Crippen MR) is 54.3 cm³/mol. The standard InChI is InChI=1S/C11H23N/c1-3-6-10(2)9-12-11-7-4-5-8-11/h10-12H,3-9H2,1-2H3. The van der Waals surface area contributed by atoms with Crippen molar-refractivity contribution >= 4 is 0 Å². The summed E-state index contributed by atoms with van der Waals surface area (Å²) in [4.78, 5) is 0. The van der Waals surface area contributed by atoms with Crippen molar-refractivity contribution in [2.45, 2.75) is 58.4 Å². The third-order valence-corrected chi connectivity index (χ3v) is 2.89. The summed E-state index contributed by atoms with van der Waals surface area (Å²) in [6.45, 7) is 5.86. The lowest BCUT2D eigenvalue weighted by Gasteiger charge is -2.15. The first-order chi connectivity index (χ1) is 5.83. The van der Waals surface area contributed by atoms with Gasteiger partial charge >= 0.3 is 0 Å². The molecule has 0 aromatic heterocycles. The van der Waals surface area contributed by atoms with E-state index in [-0.39, 0.29) is 0 Å². The Kier molecular flexibility index (Phi) is 4.67. The van der Waals surface area contributed by atoms with Crippen molar-refractivity contribution in [3.8, 4) is 0 Å². The molecule has 1 rings (SSSR count). The lowest BCUT2D eigenvalue weighted by Crippen LogP contribution is -2.30. The number of hydrogen-bond acceptors (Lipinski definition) is 1. The molecule has 0 aliphatic heterocycles. The second-order valence-corrected chi connectivity index (χ2v) is 4.28. The van der Waals surface area contributed by atoms with Crippen LogP contribution in [0.4, 0.5) is 0 Å². The fourth-order valence-electron chi connectivity index (χ4n) is 2.09. The molecule has 1 heteroatoms. The molecule has 0 spiro atoms. The van der Waals surface area contributed by atoms with Gasteiger partial charge in [-0.15, -0.1) is 0 Å². The van der Waals surface area contributed by atoms with Crippen LogP contribution < -0.4 is 5.32 Å². The molecule has 1 N–H and O–H groups in total. The van der Waals surface area contributed by atoms with Crippen molar-refractivity contribution < 1.29 is 0 Å². The highest BCUT2D eigenvalue weighted by Gasteiger charge is 2.14. The summed E-state index contributed by atoms with van der Waals surface area (Å²) >= 11 is 0. The molecular weight excluding hydrogens is 146 g/mol. The van der Waals surface area contributed by atoms with Crippen LogP contribution >= 0.6 is 0 Å². The van der Waals surface area contributed by atoms with Gasteiger partial charge in [0.15, 0.2) is 0 Å². The molecule has 72 valence electrons. The molecule has 0 saturated heterocycles. The molecule has 12 heavy (non-hydrogen) atoms. The summed E-state index contributed by atoms with van der Waals surface area (Å²) in [5.74, 6) is 0.871. The molecule has 1 saturated carbocycles. The summed E-state index contributed by atoms with van der Waals surface area (Å²) < 4.78 is 0. The van der Waals surface area contributed by atoms with Crippen molar-refractivity contribution in [1.82, 2.24) is 5.32 Å². The van der Waals surface area contributed by atoms with Crippen molar-refractivity contribution in [1.29, 1.82) is 0 Å². The first-order valence-corrected chi connectivity index (χ1v) is 5.56. The van der Waals surface area contributed by atoms with Gasteiger partial charge in [-0.2, -0.15) is 0 Å². The monoisotopic (exact) mass is 169 g/mol. The van der Waals surface area contributed by atoms with E-state index in [1.165, 1.54) is 45.1 Å². The molecule has 0 amide bonds. The van der Waals surface area contributed by atoms with Crippen LogP contribution in [0.3, 0.4) is 0 Å². The lowest BCUT2D eigenvalue weighted by molar-refractivity contribution is 0.428. The quantitative estimate of drug-likeness (QED) is 0.667. The van der Waals surface area contributed by atoms with E-state index >= 15 is 0 Å². The Hall–Kier alpha value is -0.0400. The number of rotatable bonds is 5. The highest BCUT2D eigenvalue weighted by atomic mass is 14.9. The van der Waals surface area contributed by atoms with Gasteiger partial charge in [0.2, 0.25) is 0 Å². The Morgan fingerprint density at radius 2 is 2.00 bits per heavy atom. The molecule has 0 aromatic carbocycles. The fraction of sp³-hybridized carbons (Fsp3) is 1.00. The van der Waals surface area contributed by atoms with Crippen LogP contribution in [0.1, 0.15) is 52.4 Å². The molecule has 1 fully saturated rings. The predicted octanol–water partition coefficient (Wildman–Crippen LogP) is 2.95. The van der Waals surface area contributed by atoms with E-state index in [9.17, 15) is 0 Å². The van der Waals surface area contributed by atoms with E-state index in [2.05, 4.69) is 19.2 Å². The molecule has 0 aromatic rings. The molecule has 1 unspecified atom stereocenters. The van der Waals surface area contributed by atoms with Gasteiger partial charge in [-0.25, -0.2) is 0 Å². The molecule has 0 radical (unpaired) electrons. The Morgan fingerprint density at radius 3 is 2.58 bits per heavy atom. The van der Waals surface area contributed by atoms with E-state index in [0.29, 0.717) is 0 Å². The summed E-state index contributed by atoms with van der Waals surface area (Å²) in [6, 6.07) is 0.851. The maximum atomic E-state index is 3.67. The molecule has 1 atom stereocenters. The molecule has 1 nitrogen and oxygen atoms in total. The van der Waals surface area contributed by atoms with E-state index in [1.54, 1.807) is 0 Å². The first kappa shape index (κ1) is 10.0. The average molecular weight is 169 g/mol. The number of nitrogens with one attached hydrogen (secondary N) is 1. The number of hydrogen-bond donors (Lipinski definition) is 1. The third kappa shape index (κ3) is 3.57. The highest BCUT2D eigenvalue weighted by Crippen LogP contribution is 2.18. The summed E-state index contributed by atoms with van der Waals surface area (Å²) in [5, 5.41) is 3.67. The van der Waals surface area contributed by atoms with Crippen molar-refractivity contribution in [2.75, 3.05) is 6.54 Å². The topological polar surface area (TPSA) is 12.0 Å². The summed E-state index contributed by atoms with van der Waals surface area (Å²) in [7, 11) is 0. The Bertz CT molecular complexity index is 106. The molecule has 1 aliphatic carbocycles. The Labute approximate surface area is 76.9 Å². The van der Waals surface area contributed by atoms with Crippen molar-refractivity contribution in [3.63, 3.8) is 0 Å². The molecule has 1 aliphatic rings. The van der Waals surface area contributed by atoms with E-state index in [0.717, 1.165) is 12.0 Å². The minimum absolute atomic E-state index is 0.851. The van der Waals surface area contributed by atoms with Crippen LogP contribution in [0.5, 0.6) is 0 Å². The normalized spacial score (nSPS) is 21.5. The second-order valence-electron chi connectivity index (χ2n) is 4.28. The zero-order chi connectivity index (χ0) is 8.81. The zero-order valence-corrected chi connectivity index (χ0v) is 8.60. The van der Waals surface area contributed by atoms with Crippen molar-refractivity contribution in [2.24, 2.45) is 5.92 Å². The van der Waals surface area contributed by atoms with Gasteiger partial charge in [0.25, 0.3) is 0 Å². The first-order valence-electron chi connectivity index (χ1n) is 5.56. The maximum absolute atomic E-state index is 3.67. The fourth-order valence-corrected chi connectivity index (χ4v) is 2.09. The lowest BCUT2D eigenvalue weighted by atomic mass is 10.1. The smallest absolute Gasteiger partial charge is 0.00671 e. The molecule has 0 heterocycles. The van der Waals surface area contributed by atoms with Gasteiger partial charge in [-0.05, 0) is 31.7 Å². The van der Waals surface area contributed by atoms with Crippen LogP contribution in [0.15, 0.2) is 0 Å². The maximum Gasteiger partial charge on any atom is 0.00671 e. The molecule has 0 bridgehead atoms. The Balaban J connectivity index is 1.99. The van der Waals surface area contributed by atoms with Gasteiger partial charge in [-0.1, -0.05) is 33.1 Å². The Morgan fingerprint density at radius 1 is 1.33 bits per heavy atom. The van der Waals surface area contributed by atoms with Gasteiger partial charge in [-0.3, -0.25) is 0 Å². The molecular formula is C11H23N. The van der Waals surface area contributed by atoms with Gasteiger partial charge in [0, 0.05) is 6.04 Å². The highest BCUT2D eigenvalue weighted by molar-refractivity contribution is 4.74.